The minimum atomic E-state index is 0.547. The fourth-order valence-corrected chi connectivity index (χ4v) is 3.69. The van der Waals surface area contributed by atoms with Crippen molar-refractivity contribution in [1.82, 2.24) is 4.90 Å². The average molecular weight is 293 g/mol. The van der Waals surface area contributed by atoms with Crippen molar-refractivity contribution < 1.29 is 4.74 Å². The standard InChI is InChI=1S/C19H35NO/c1-3-4-5-6-7-8-9-10-11-12-17-13-18-15-21-16-19(14-17)20(18)2/h13,18-19H,3-12,14-16H2,1-2H3. The highest BCUT2D eigenvalue weighted by molar-refractivity contribution is 5.15. The monoisotopic (exact) mass is 293 g/mol. The third-order valence-corrected chi connectivity index (χ3v) is 5.23. The largest absolute Gasteiger partial charge is 0.378 e. The maximum absolute atomic E-state index is 5.67. The van der Waals surface area contributed by atoms with Crippen LogP contribution >= 0.6 is 0 Å². The van der Waals surface area contributed by atoms with Gasteiger partial charge in [0.2, 0.25) is 0 Å². The molecule has 2 heterocycles. The third-order valence-electron chi connectivity index (χ3n) is 5.23. The molecule has 0 aromatic heterocycles. The Morgan fingerprint density at radius 1 is 1.00 bits per heavy atom. The van der Waals surface area contributed by atoms with Crippen LogP contribution in [0.4, 0.5) is 0 Å². The Balaban J connectivity index is 1.51. The van der Waals surface area contributed by atoms with E-state index in [9.17, 15) is 0 Å². The summed E-state index contributed by atoms with van der Waals surface area (Å²) in [6.45, 7) is 4.12. The summed E-state index contributed by atoms with van der Waals surface area (Å²) in [5, 5.41) is 0. The average Bonchev–Trinajstić information content (AvgIpc) is 2.46. The molecule has 2 heteroatoms. The van der Waals surface area contributed by atoms with Crippen LogP contribution in [-0.4, -0.2) is 37.2 Å². The second-order valence-electron chi connectivity index (χ2n) is 7.03. The summed E-state index contributed by atoms with van der Waals surface area (Å²) in [4.78, 5) is 2.50. The first-order valence-electron chi connectivity index (χ1n) is 9.30. The highest BCUT2D eigenvalue weighted by atomic mass is 16.5. The van der Waals surface area contributed by atoms with Gasteiger partial charge in [-0.25, -0.2) is 0 Å². The van der Waals surface area contributed by atoms with Gasteiger partial charge in [0, 0.05) is 6.04 Å². The van der Waals surface area contributed by atoms with Crippen molar-refractivity contribution in [2.75, 3.05) is 20.3 Å². The normalized spacial score (nSPS) is 25.9. The van der Waals surface area contributed by atoms with Crippen LogP contribution in [0.5, 0.6) is 0 Å². The molecular formula is C19H35NO. The lowest BCUT2D eigenvalue weighted by Gasteiger charge is -2.42. The summed E-state index contributed by atoms with van der Waals surface area (Å²) >= 11 is 0. The van der Waals surface area contributed by atoms with E-state index in [2.05, 4.69) is 24.9 Å². The van der Waals surface area contributed by atoms with E-state index in [1.165, 1.54) is 70.6 Å². The van der Waals surface area contributed by atoms with E-state index in [0.29, 0.717) is 12.1 Å². The maximum Gasteiger partial charge on any atom is 0.0658 e. The van der Waals surface area contributed by atoms with Crippen molar-refractivity contribution >= 4 is 0 Å². The van der Waals surface area contributed by atoms with Crippen molar-refractivity contribution in [2.45, 2.75) is 89.6 Å². The zero-order valence-corrected chi connectivity index (χ0v) is 14.3. The molecule has 0 spiro atoms. The predicted molar refractivity (Wildman–Crippen MR) is 90.7 cm³/mol. The van der Waals surface area contributed by atoms with Gasteiger partial charge in [-0.05, 0) is 26.3 Å². The van der Waals surface area contributed by atoms with Gasteiger partial charge in [-0.1, -0.05) is 69.9 Å². The molecule has 1 fully saturated rings. The van der Waals surface area contributed by atoms with Crippen LogP contribution in [0, 0.1) is 0 Å². The first-order valence-corrected chi connectivity index (χ1v) is 9.30. The Morgan fingerprint density at radius 3 is 2.33 bits per heavy atom. The lowest BCUT2D eigenvalue weighted by molar-refractivity contribution is -0.0262. The minimum absolute atomic E-state index is 0.547. The molecule has 21 heavy (non-hydrogen) atoms. The molecule has 2 nitrogen and oxygen atoms in total. The summed E-state index contributed by atoms with van der Waals surface area (Å²) in [5.74, 6) is 0. The number of nitrogens with zero attached hydrogens (tertiary/aromatic N) is 1. The van der Waals surface area contributed by atoms with Gasteiger partial charge >= 0.3 is 0 Å². The smallest absolute Gasteiger partial charge is 0.0658 e. The first kappa shape index (κ1) is 17.0. The number of unbranched alkanes of at least 4 members (excludes halogenated alkanes) is 8. The van der Waals surface area contributed by atoms with E-state index >= 15 is 0 Å². The summed E-state index contributed by atoms with van der Waals surface area (Å²) < 4.78 is 5.67. The summed E-state index contributed by atoms with van der Waals surface area (Å²) in [6.07, 6.45) is 17.9. The second kappa shape index (κ2) is 9.63. The van der Waals surface area contributed by atoms with Crippen molar-refractivity contribution in [3.63, 3.8) is 0 Å². The molecule has 2 atom stereocenters. The molecule has 122 valence electrons. The maximum atomic E-state index is 5.67. The van der Waals surface area contributed by atoms with Crippen LogP contribution in [0.15, 0.2) is 11.6 Å². The molecule has 2 unspecified atom stereocenters. The van der Waals surface area contributed by atoms with Gasteiger partial charge in [0.25, 0.3) is 0 Å². The van der Waals surface area contributed by atoms with Crippen LogP contribution in [0.3, 0.4) is 0 Å². The first-order chi connectivity index (χ1) is 10.3. The Labute approximate surface area is 131 Å². The Bertz CT molecular complexity index is 313. The van der Waals surface area contributed by atoms with Crippen LogP contribution < -0.4 is 0 Å². The minimum Gasteiger partial charge on any atom is -0.378 e. The SMILES string of the molecule is CCCCCCCCCCCC1=CC2COCC(C1)N2C. The number of ether oxygens (including phenoxy) is 1. The van der Waals surface area contributed by atoms with Crippen LogP contribution in [0.2, 0.25) is 0 Å². The van der Waals surface area contributed by atoms with Crippen molar-refractivity contribution in [3.8, 4) is 0 Å². The summed E-state index contributed by atoms with van der Waals surface area (Å²) in [6, 6.07) is 1.19. The highest BCUT2D eigenvalue weighted by Crippen LogP contribution is 2.28. The van der Waals surface area contributed by atoms with E-state index in [-0.39, 0.29) is 0 Å². The van der Waals surface area contributed by atoms with Gasteiger partial charge in [0.15, 0.2) is 0 Å². The van der Waals surface area contributed by atoms with Gasteiger partial charge in [0.05, 0.1) is 19.3 Å². The van der Waals surface area contributed by atoms with Crippen molar-refractivity contribution in [1.29, 1.82) is 0 Å². The van der Waals surface area contributed by atoms with Gasteiger partial charge in [-0.3, -0.25) is 4.90 Å². The molecule has 2 aliphatic rings. The fourth-order valence-electron chi connectivity index (χ4n) is 3.69. The van der Waals surface area contributed by atoms with E-state index in [4.69, 9.17) is 4.74 Å². The topological polar surface area (TPSA) is 12.5 Å². The van der Waals surface area contributed by atoms with Gasteiger partial charge in [0.1, 0.15) is 0 Å². The molecule has 1 saturated heterocycles. The molecule has 0 N–H and O–H groups in total. The van der Waals surface area contributed by atoms with E-state index in [1.54, 1.807) is 5.57 Å². The molecule has 2 rings (SSSR count). The highest BCUT2D eigenvalue weighted by Gasteiger charge is 2.31. The number of likely N-dealkylation sites (N-methyl/N-ethyl adjacent to an activating group) is 1. The van der Waals surface area contributed by atoms with Crippen LogP contribution in [-0.2, 0) is 4.74 Å². The molecule has 2 bridgehead atoms. The van der Waals surface area contributed by atoms with Gasteiger partial charge < -0.3 is 4.74 Å². The summed E-state index contributed by atoms with van der Waals surface area (Å²) in [7, 11) is 2.25. The van der Waals surface area contributed by atoms with E-state index < -0.39 is 0 Å². The molecule has 0 radical (unpaired) electrons. The van der Waals surface area contributed by atoms with Gasteiger partial charge in [-0.15, -0.1) is 0 Å². The third kappa shape index (κ3) is 5.75. The van der Waals surface area contributed by atoms with Gasteiger partial charge in [-0.2, -0.15) is 0 Å². The zero-order chi connectivity index (χ0) is 14.9. The number of hydrogen-bond acceptors (Lipinski definition) is 2. The number of morpholine rings is 1. The Kier molecular flexibility index (Phi) is 7.81. The van der Waals surface area contributed by atoms with E-state index in [0.717, 1.165) is 13.2 Å². The molecular weight excluding hydrogens is 258 g/mol. The molecule has 0 saturated carbocycles. The fraction of sp³-hybridized carbons (Fsp3) is 0.895. The summed E-state index contributed by atoms with van der Waals surface area (Å²) in [5.41, 5.74) is 1.70. The molecule has 2 aliphatic heterocycles. The second-order valence-corrected chi connectivity index (χ2v) is 7.03. The number of fused-ring (bicyclic) bond motifs is 2. The predicted octanol–water partition coefficient (Wildman–Crippen LogP) is 4.94. The molecule has 0 aromatic carbocycles. The van der Waals surface area contributed by atoms with Crippen molar-refractivity contribution in [2.24, 2.45) is 0 Å². The van der Waals surface area contributed by atoms with Crippen LogP contribution in [0.1, 0.15) is 77.6 Å². The quantitative estimate of drug-likeness (QED) is 0.418. The Hall–Kier alpha value is -0.340. The zero-order valence-electron chi connectivity index (χ0n) is 14.3. The number of hydrogen-bond donors (Lipinski definition) is 0. The van der Waals surface area contributed by atoms with E-state index in [1.807, 2.05) is 0 Å². The Morgan fingerprint density at radius 2 is 1.67 bits per heavy atom. The lowest BCUT2D eigenvalue weighted by atomic mass is 9.91. The molecule has 0 amide bonds. The van der Waals surface area contributed by atoms with Crippen LogP contribution in [0.25, 0.3) is 0 Å². The van der Waals surface area contributed by atoms with Crippen molar-refractivity contribution in [3.05, 3.63) is 11.6 Å². The lowest BCUT2D eigenvalue weighted by Crippen LogP contribution is -2.51. The molecule has 0 aromatic rings. The number of rotatable bonds is 10. The molecule has 0 aliphatic carbocycles.